The average Bonchev–Trinajstić information content (AvgIpc) is 3.08. The zero-order valence-electron chi connectivity index (χ0n) is 17.9. The van der Waals surface area contributed by atoms with Crippen LogP contribution in [0.25, 0.3) is 0 Å². The molecule has 172 valence electrons. The van der Waals surface area contributed by atoms with Crippen LogP contribution in [0.3, 0.4) is 0 Å². The van der Waals surface area contributed by atoms with Gasteiger partial charge in [0.1, 0.15) is 6.04 Å². The monoisotopic (exact) mass is 480 g/mol. The maximum absolute atomic E-state index is 13.8. The average molecular weight is 481 g/mol. The molecule has 3 fully saturated rings. The minimum atomic E-state index is -4.13. The molecule has 2 saturated heterocycles. The Morgan fingerprint density at radius 3 is 2.75 bits per heavy atom. The number of halogens is 1. The van der Waals surface area contributed by atoms with E-state index in [2.05, 4.69) is 5.92 Å². The summed E-state index contributed by atoms with van der Waals surface area (Å²) in [5.41, 5.74) is -0.451. The highest BCUT2D eigenvalue weighted by molar-refractivity contribution is 7.89. The first kappa shape index (κ1) is 23.1. The number of amides is 1. The fourth-order valence-corrected chi connectivity index (χ4v) is 8.12. The van der Waals surface area contributed by atoms with Crippen molar-refractivity contribution in [2.75, 3.05) is 33.9 Å². The Bertz CT molecular complexity index is 1100. The van der Waals surface area contributed by atoms with Crippen molar-refractivity contribution in [1.82, 2.24) is 9.21 Å². The maximum Gasteiger partial charge on any atom is 0.337 e. The summed E-state index contributed by atoms with van der Waals surface area (Å²) in [5, 5.41) is 0.0888. The molecule has 3 aliphatic rings. The van der Waals surface area contributed by atoms with Gasteiger partial charge in [0, 0.05) is 36.1 Å². The van der Waals surface area contributed by atoms with Crippen LogP contribution >= 0.6 is 11.6 Å². The normalized spacial score (nSPS) is 29.6. The van der Waals surface area contributed by atoms with E-state index in [9.17, 15) is 18.0 Å². The lowest BCUT2D eigenvalue weighted by molar-refractivity contribution is -0.185. The number of hydrogen-bond donors (Lipinski definition) is 0. The van der Waals surface area contributed by atoms with Gasteiger partial charge in [0.25, 0.3) is 0 Å². The van der Waals surface area contributed by atoms with E-state index in [1.807, 2.05) is 0 Å². The third kappa shape index (κ3) is 3.24. The quantitative estimate of drug-likeness (QED) is 0.455. The molecule has 8 nitrogen and oxygen atoms in total. The van der Waals surface area contributed by atoms with E-state index in [1.54, 1.807) is 7.11 Å². The zero-order valence-corrected chi connectivity index (χ0v) is 19.5. The molecule has 2 heterocycles. The summed E-state index contributed by atoms with van der Waals surface area (Å²) < 4.78 is 39.0. The molecule has 0 N–H and O–H groups in total. The van der Waals surface area contributed by atoms with Gasteiger partial charge >= 0.3 is 5.97 Å². The highest BCUT2D eigenvalue weighted by Crippen LogP contribution is 2.62. The number of carbonyl (C=O) groups is 2. The summed E-state index contributed by atoms with van der Waals surface area (Å²) >= 11 is 6.12. The molecule has 10 heteroatoms. The van der Waals surface area contributed by atoms with E-state index < -0.39 is 27.4 Å². The number of nitrogens with zero attached hydrogens (tertiary/aromatic N) is 2. The molecule has 1 aliphatic carbocycles. The topological polar surface area (TPSA) is 93.2 Å². The third-order valence-electron chi connectivity index (χ3n) is 7.04. The SMILES string of the molecule is C#CCN1C[C@H](COC)C23CCCC2N(S(=O)(=O)c2cc(Cl)cc(C(=O)OC)c2)C3C1=O. The van der Waals surface area contributed by atoms with Crippen molar-refractivity contribution < 1.29 is 27.5 Å². The molecule has 0 radical (unpaired) electrons. The first-order valence-corrected chi connectivity index (χ1v) is 12.2. The highest BCUT2D eigenvalue weighted by atomic mass is 35.5. The van der Waals surface area contributed by atoms with Crippen LogP contribution in [0.5, 0.6) is 0 Å². The first-order valence-electron chi connectivity index (χ1n) is 10.4. The number of hydrogen-bond acceptors (Lipinski definition) is 6. The molecule has 32 heavy (non-hydrogen) atoms. The van der Waals surface area contributed by atoms with E-state index in [-0.39, 0.29) is 39.9 Å². The number of ether oxygens (including phenoxy) is 2. The van der Waals surface area contributed by atoms with Crippen molar-refractivity contribution in [3.8, 4) is 12.3 Å². The Balaban J connectivity index is 1.79. The van der Waals surface area contributed by atoms with Gasteiger partial charge in [-0.05, 0) is 31.0 Å². The third-order valence-corrected chi connectivity index (χ3v) is 9.11. The minimum Gasteiger partial charge on any atom is -0.465 e. The molecule has 0 bridgehead atoms. The number of benzene rings is 1. The first-order chi connectivity index (χ1) is 15.2. The highest BCUT2D eigenvalue weighted by Gasteiger charge is 2.73. The summed E-state index contributed by atoms with van der Waals surface area (Å²) in [6, 6.07) is 2.69. The van der Waals surface area contributed by atoms with Crippen molar-refractivity contribution >= 4 is 33.5 Å². The van der Waals surface area contributed by atoms with Gasteiger partial charge in [0.2, 0.25) is 15.9 Å². The Morgan fingerprint density at radius 2 is 2.09 bits per heavy atom. The van der Waals surface area contributed by atoms with Crippen LogP contribution in [0.2, 0.25) is 5.02 Å². The van der Waals surface area contributed by atoms with Crippen molar-refractivity contribution in [1.29, 1.82) is 0 Å². The summed E-state index contributed by atoms with van der Waals surface area (Å²) in [4.78, 5) is 26.8. The summed E-state index contributed by atoms with van der Waals surface area (Å²) in [6.45, 7) is 0.966. The Labute approximate surface area is 192 Å². The van der Waals surface area contributed by atoms with Crippen LogP contribution in [0.1, 0.15) is 29.6 Å². The largest absolute Gasteiger partial charge is 0.465 e. The van der Waals surface area contributed by atoms with Crippen LogP contribution in [-0.4, -0.2) is 75.5 Å². The predicted octanol–water partition coefficient (Wildman–Crippen LogP) is 1.78. The zero-order chi connectivity index (χ0) is 23.3. The van der Waals surface area contributed by atoms with Gasteiger partial charge in [0.15, 0.2) is 0 Å². The van der Waals surface area contributed by atoms with Crippen LogP contribution in [0.15, 0.2) is 23.1 Å². The van der Waals surface area contributed by atoms with Crippen LogP contribution < -0.4 is 0 Å². The van der Waals surface area contributed by atoms with E-state index in [0.29, 0.717) is 19.6 Å². The summed E-state index contributed by atoms with van der Waals surface area (Å²) in [7, 11) is -1.32. The number of rotatable bonds is 6. The molecule has 1 saturated carbocycles. The molecule has 4 rings (SSSR count). The molecule has 1 amide bonds. The number of piperidine rings is 1. The standard InChI is InChI=1S/C22H25ClN2O6S/c1-4-8-24-12-15(13-30-2)22-7-5-6-18(22)25(19(22)20(24)26)32(28,29)17-10-14(21(27)31-3)9-16(23)11-17/h1,9-11,15,18-19H,5-8,12-13H2,2-3H3/t15-,18?,19?,22?/m1/s1. The van der Waals surface area contributed by atoms with E-state index >= 15 is 0 Å². The predicted molar refractivity (Wildman–Crippen MR) is 116 cm³/mol. The number of esters is 1. The lowest BCUT2D eigenvalue weighted by atomic mass is 9.58. The summed E-state index contributed by atoms with van der Waals surface area (Å²) in [5.74, 6) is 1.49. The lowest BCUT2D eigenvalue weighted by Gasteiger charge is -2.65. The van der Waals surface area contributed by atoms with Crippen LogP contribution in [-0.2, 0) is 24.3 Å². The van der Waals surface area contributed by atoms with E-state index in [4.69, 9.17) is 27.5 Å². The molecular weight excluding hydrogens is 456 g/mol. The number of terminal acetylenes is 1. The number of sulfonamides is 1. The van der Waals surface area contributed by atoms with Gasteiger partial charge in [-0.15, -0.1) is 6.42 Å². The molecule has 4 atom stereocenters. The Hall–Kier alpha value is -2.12. The fourth-order valence-electron chi connectivity index (χ4n) is 5.83. The minimum absolute atomic E-state index is 0.0208. The number of likely N-dealkylation sites (tertiary alicyclic amines) is 1. The molecular formula is C22H25ClN2O6S. The second-order valence-electron chi connectivity index (χ2n) is 8.50. The van der Waals surface area contributed by atoms with Gasteiger partial charge < -0.3 is 14.4 Å². The molecule has 3 unspecified atom stereocenters. The fraction of sp³-hybridized carbons (Fsp3) is 0.545. The Kier molecular flexibility index (Phi) is 6.01. The molecule has 0 aromatic heterocycles. The van der Waals surface area contributed by atoms with Crippen molar-refractivity contribution in [3.05, 3.63) is 28.8 Å². The van der Waals surface area contributed by atoms with E-state index in [1.165, 1.54) is 34.5 Å². The van der Waals surface area contributed by atoms with Gasteiger partial charge in [-0.25, -0.2) is 13.2 Å². The molecule has 1 aromatic rings. The smallest absolute Gasteiger partial charge is 0.337 e. The van der Waals surface area contributed by atoms with Gasteiger partial charge in [-0.2, -0.15) is 4.31 Å². The van der Waals surface area contributed by atoms with Crippen molar-refractivity contribution in [3.63, 3.8) is 0 Å². The molecule has 1 aromatic carbocycles. The van der Waals surface area contributed by atoms with Crippen LogP contribution in [0, 0.1) is 23.7 Å². The van der Waals surface area contributed by atoms with E-state index in [0.717, 1.165) is 12.8 Å². The van der Waals surface area contributed by atoms with Crippen LogP contribution in [0.4, 0.5) is 0 Å². The second kappa shape index (κ2) is 8.34. The van der Waals surface area contributed by atoms with Gasteiger partial charge in [-0.1, -0.05) is 23.9 Å². The molecule has 2 aliphatic heterocycles. The van der Waals surface area contributed by atoms with Crippen molar-refractivity contribution in [2.24, 2.45) is 11.3 Å². The Morgan fingerprint density at radius 1 is 1.34 bits per heavy atom. The number of methoxy groups -OCH3 is 2. The number of carbonyl (C=O) groups excluding carboxylic acids is 2. The van der Waals surface area contributed by atoms with Gasteiger partial charge in [-0.3, -0.25) is 4.79 Å². The lowest BCUT2D eigenvalue weighted by Crippen LogP contribution is -2.80. The second-order valence-corrected chi connectivity index (χ2v) is 10.8. The van der Waals surface area contributed by atoms with Gasteiger partial charge in [0.05, 0.1) is 30.7 Å². The summed E-state index contributed by atoms with van der Waals surface area (Å²) in [6.07, 6.45) is 7.69. The van der Waals surface area contributed by atoms with Crippen molar-refractivity contribution in [2.45, 2.75) is 36.2 Å². The molecule has 1 spiro atoms. The maximum atomic E-state index is 13.8.